The predicted molar refractivity (Wildman–Crippen MR) is 108 cm³/mol. The minimum absolute atomic E-state index is 0.0407. The van der Waals surface area contributed by atoms with Gasteiger partial charge in [0.25, 0.3) is 5.91 Å². The van der Waals surface area contributed by atoms with Crippen LogP contribution in [0.1, 0.15) is 23.3 Å². The maximum absolute atomic E-state index is 12.6. The fourth-order valence-corrected chi connectivity index (χ4v) is 3.93. The molecule has 10 nitrogen and oxygen atoms in total. The second-order valence-corrected chi connectivity index (χ2v) is 7.64. The number of carbonyl (C=O) groups is 2. The Kier molecular flexibility index (Phi) is 6.15. The second kappa shape index (κ2) is 9.14. The molecule has 0 aromatic carbocycles. The highest BCUT2D eigenvalue weighted by Gasteiger charge is 2.25. The molecule has 11 heteroatoms. The van der Waals surface area contributed by atoms with Crippen molar-refractivity contribution >= 4 is 34.3 Å². The Morgan fingerprint density at radius 1 is 1.24 bits per heavy atom. The molecule has 2 fully saturated rings. The van der Waals surface area contributed by atoms with E-state index in [0.717, 1.165) is 36.8 Å². The quantitative estimate of drug-likeness (QED) is 0.751. The number of nitrogens with one attached hydrogen (secondary N) is 2. The number of amides is 3. The smallest absolute Gasteiger partial charge is 0.322 e. The maximum Gasteiger partial charge on any atom is 0.322 e. The van der Waals surface area contributed by atoms with E-state index in [0.29, 0.717) is 37.7 Å². The summed E-state index contributed by atoms with van der Waals surface area (Å²) in [7, 11) is 0. The van der Waals surface area contributed by atoms with Crippen LogP contribution in [0.15, 0.2) is 24.4 Å². The number of hydrogen-bond donors (Lipinski definition) is 2. The molecule has 4 rings (SSSR count). The van der Waals surface area contributed by atoms with Crippen LogP contribution in [-0.4, -0.2) is 76.8 Å². The van der Waals surface area contributed by atoms with Crippen molar-refractivity contribution < 1.29 is 14.3 Å². The Labute approximate surface area is 172 Å². The summed E-state index contributed by atoms with van der Waals surface area (Å²) in [6, 6.07) is 5.53. The summed E-state index contributed by atoms with van der Waals surface area (Å²) in [4.78, 5) is 33.2. The lowest BCUT2D eigenvalue weighted by Crippen LogP contribution is -2.50. The minimum Gasteiger partial charge on any atom is -0.376 e. The van der Waals surface area contributed by atoms with Gasteiger partial charge >= 0.3 is 6.03 Å². The van der Waals surface area contributed by atoms with Crippen LogP contribution >= 0.6 is 11.5 Å². The summed E-state index contributed by atoms with van der Waals surface area (Å²) in [5.41, 5.74) is 0.133. The number of ether oxygens (including phenoxy) is 1. The van der Waals surface area contributed by atoms with Gasteiger partial charge in [-0.2, -0.15) is 0 Å². The van der Waals surface area contributed by atoms with E-state index in [4.69, 9.17) is 4.74 Å². The largest absolute Gasteiger partial charge is 0.376 e. The van der Waals surface area contributed by atoms with E-state index >= 15 is 0 Å². The Morgan fingerprint density at radius 3 is 2.83 bits per heavy atom. The lowest BCUT2D eigenvalue weighted by molar-refractivity contribution is 0.0854. The molecular formula is C18H23N7O3S. The average Bonchev–Trinajstić information content (AvgIpc) is 3.45. The summed E-state index contributed by atoms with van der Waals surface area (Å²) in [6.07, 6.45) is 3.74. The molecule has 0 aliphatic carbocycles. The maximum atomic E-state index is 12.6. The molecule has 29 heavy (non-hydrogen) atoms. The molecule has 3 amide bonds. The summed E-state index contributed by atoms with van der Waals surface area (Å²) in [5, 5.41) is 9.81. The van der Waals surface area contributed by atoms with Gasteiger partial charge in [-0.25, -0.2) is 9.78 Å². The Morgan fingerprint density at radius 2 is 2.10 bits per heavy atom. The Balaban J connectivity index is 1.29. The highest BCUT2D eigenvalue weighted by molar-refractivity contribution is 7.10. The Hall–Kier alpha value is -2.79. The summed E-state index contributed by atoms with van der Waals surface area (Å²) in [6.45, 7) is 3.68. The van der Waals surface area contributed by atoms with Crippen molar-refractivity contribution in [2.45, 2.75) is 18.9 Å². The number of carbonyl (C=O) groups excluding carboxylic acids is 2. The van der Waals surface area contributed by atoms with Gasteiger partial charge in [0.1, 0.15) is 5.82 Å². The number of piperazine rings is 1. The van der Waals surface area contributed by atoms with Crippen LogP contribution in [0.3, 0.4) is 0 Å². The first kappa shape index (κ1) is 19.5. The fourth-order valence-electron chi connectivity index (χ4n) is 3.37. The molecule has 154 valence electrons. The van der Waals surface area contributed by atoms with E-state index in [1.54, 1.807) is 11.1 Å². The molecule has 0 saturated carbocycles. The molecule has 0 spiro atoms. The third kappa shape index (κ3) is 4.80. The van der Waals surface area contributed by atoms with E-state index in [1.165, 1.54) is 0 Å². The number of pyridine rings is 1. The number of aromatic nitrogens is 3. The lowest BCUT2D eigenvalue weighted by atomic mass is 10.2. The van der Waals surface area contributed by atoms with E-state index in [-0.39, 0.29) is 23.7 Å². The van der Waals surface area contributed by atoms with Gasteiger partial charge in [-0.3, -0.25) is 10.1 Å². The van der Waals surface area contributed by atoms with Gasteiger partial charge in [0, 0.05) is 57.1 Å². The Bertz CT molecular complexity index is 833. The molecule has 1 unspecified atom stereocenters. The van der Waals surface area contributed by atoms with Crippen molar-refractivity contribution in [3.8, 4) is 0 Å². The molecule has 2 aliphatic rings. The van der Waals surface area contributed by atoms with Crippen LogP contribution in [0.5, 0.6) is 0 Å². The van der Waals surface area contributed by atoms with E-state index in [9.17, 15) is 9.59 Å². The van der Waals surface area contributed by atoms with Crippen LogP contribution in [0.25, 0.3) is 0 Å². The van der Waals surface area contributed by atoms with Crippen LogP contribution in [-0.2, 0) is 4.74 Å². The number of anilines is 2. The third-order valence-corrected chi connectivity index (χ3v) is 5.62. The molecule has 1 atom stereocenters. The summed E-state index contributed by atoms with van der Waals surface area (Å²) < 4.78 is 9.33. The van der Waals surface area contributed by atoms with Crippen LogP contribution in [0.4, 0.5) is 15.6 Å². The first-order valence-electron chi connectivity index (χ1n) is 9.65. The molecule has 2 N–H and O–H groups in total. The highest BCUT2D eigenvalue weighted by atomic mass is 32.1. The first-order valence-corrected chi connectivity index (χ1v) is 10.4. The van der Waals surface area contributed by atoms with Gasteiger partial charge < -0.3 is 19.9 Å². The molecule has 2 saturated heterocycles. The monoisotopic (exact) mass is 417 g/mol. The standard InChI is InChI=1S/C18H23N7O3S/c26-16(20-12-13-4-3-11-28-13)15-17(29-23-22-15)21-18(27)25-9-7-24(8-10-25)14-5-1-2-6-19-14/h1-2,5-6,13H,3-4,7-12H2,(H,20,26)(H,21,27). The topological polar surface area (TPSA) is 113 Å². The molecule has 2 aliphatic heterocycles. The molecule has 4 heterocycles. The van der Waals surface area contributed by atoms with Crippen LogP contribution in [0, 0.1) is 0 Å². The fraction of sp³-hybridized carbons (Fsp3) is 0.500. The van der Waals surface area contributed by atoms with Gasteiger partial charge in [-0.1, -0.05) is 10.6 Å². The van der Waals surface area contributed by atoms with Gasteiger partial charge in [0.05, 0.1) is 6.10 Å². The van der Waals surface area contributed by atoms with Crippen molar-refractivity contribution in [2.75, 3.05) is 49.5 Å². The SMILES string of the molecule is O=C(NCC1CCCO1)c1nnsc1NC(=O)N1CCN(c2ccccn2)CC1. The van der Waals surface area contributed by atoms with Crippen LogP contribution < -0.4 is 15.5 Å². The molecule has 2 aromatic rings. The molecule has 2 aromatic heterocycles. The van der Waals surface area contributed by atoms with E-state index in [2.05, 4.69) is 30.1 Å². The average molecular weight is 417 g/mol. The highest BCUT2D eigenvalue weighted by Crippen LogP contribution is 2.20. The minimum atomic E-state index is -0.357. The molecule has 0 radical (unpaired) electrons. The van der Waals surface area contributed by atoms with Crippen LogP contribution in [0.2, 0.25) is 0 Å². The van der Waals surface area contributed by atoms with Gasteiger partial charge in [-0.15, -0.1) is 5.10 Å². The van der Waals surface area contributed by atoms with E-state index in [1.807, 2.05) is 18.2 Å². The van der Waals surface area contributed by atoms with Crippen molar-refractivity contribution in [1.29, 1.82) is 0 Å². The summed E-state index contributed by atoms with van der Waals surface area (Å²) >= 11 is 0.994. The zero-order valence-electron chi connectivity index (χ0n) is 15.9. The number of nitrogens with zero attached hydrogens (tertiary/aromatic N) is 5. The lowest BCUT2D eigenvalue weighted by Gasteiger charge is -2.35. The number of rotatable bonds is 5. The molecular weight excluding hydrogens is 394 g/mol. The van der Waals surface area contributed by atoms with Gasteiger partial charge in [0.2, 0.25) is 0 Å². The number of urea groups is 1. The zero-order chi connectivity index (χ0) is 20.1. The van der Waals surface area contributed by atoms with Crippen molar-refractivity contribution in [3.05, 3.63) is 30.1 Å². The predicted octanol–water partition coefficient (Wildman–Crippen LogP) is 1.20. The third-order valence-electron chi connectivity index (χ3n) is 4.98. The van der Waals surface area contributed by atoms with Gasteiger partial charge in [0.15, 0.2) is 10.7 Å². The first-order chi connectivity index (χ1) is 14.2. The van der Waals surface area contributed by atoms with Crippen molar-refractivity contribution in [1.82, 2.24) is 24.8 Å². The molecule has 0 bridgehead atoms. The van der Waals surface area contributed by atoms with Crippen molar-refractivity contribution in [2.24, 2.45) is 0 Å². The zero-order valence-corrected chi connectivity index (χ0v) is 16.7. The van der Waals surface area contributed by atoms with Gasteiger partial charge in [-0.05, 0) is 25.0 Å². The van der Waals surface area contributed by atoms with E-state index < -0.39 is 0 Å². The van der Waals surface area contributed by atoms with Crippen molar-refractivity contribution in [3.63, 3.8) is 0 Å². The second-order valence-electron chi connectivity index (χ2n) is 6.89. The number of hydrogen-bond acceptors (Lipinski definition) is 8. The summed E-state index contributed by atoms with van der Waals surface area (Å²) in [5.74, 6) is 0.550. The normalized spacial score (nSPS) is 19.2.